The van der Waals surface area contributed by atoms with Crippen molar-refractivity contribution in [1.29, 1.82) is 0 Å². The van der Waals surface area contributed by atoms with Crippen LogP contribution < -0.4 is 5.73 Å². The van der Waals surface area contributed by atoms with Crippen molar-refractivity contribution in [3.8, 4) is 0 Å². The highest BCUT2D eigenvalue weighted by atomic mass is 32.2. The number of aryl methyl sites for hydroxylation is 3. The van der Waals surface area contributed by atoms with E-state index in [4.69, 9.17) is 5.73 Å². The standard InChI is InChI=1S/C16H19NO2S/c1-11-4-5-12(2)14(8-11)10-20(18,19)16-7-6-15(17)9-13(16)3/h4-9H,10,17H2,1-3H3. The third kappa shape index (κ3) is 3.02. The van der Waals surface area contributed by atoms with Gasteiger partial charge in [0.25, 0.3) is 0 Å². The summed E-state index contributed by atoms with van der Waals surface area (Å²) in [4.78, 5) is 0.354. The van der Waals surface area contributed by atoms with Crippen LogP contribution >= 0.6 is 0 Å². The van der Waals surface area contributed by atoms with Gasteiger partial charge < -0.3 is 5.73 Å². The van der Waals surface area contributed by atoms with E-state index in [1.165, 1.54) is 0 Å². The molecular weight excluding hydrogens is 270 g/mol. The Morgan fingerprint density at radius 3 is 2.30 bits per heavy atom. The first-order valence-corrected chi connectivity index (χ1v) is 8.10. The maximum Gasteiger partial charge on any atom is 0.182 e. The summed E-state index contributed by atoms with van der Waals surface area (Å²) in [6, 6.07) is 10.8. The first-order valence-electron chi connectivity index (χ1n) is 6.44. The Morgan fingerprint density at radius 2 is 1.65 bits per heavy atom. The second-order valence-electron chi connectivity index (χ2n) is 5.21. The van der Waals surface area contributed by atoms with Crippen LogP contribution in [0.3, 0.4) is 0 Å². The first kappa shape index (κ1) is 14.6. The van der Waals surface area contributed by atoms with Gasteiger partial charge in [0.1, 0.15) is 0 Å². The zero-order valence-electron chi connectivity index (χ0n) is 12.0. The van der Waals surface area contributed by atoms with E-state index in [2.05, 4.69) is 0 Å². The predicted molar refractivity (Wildman–Crippen MR) is 82.4 cm³/mol. The normalized spacial score (nSPS) is 11.6. The van der Waals surface area contributed by atoms with E-state index in [-0.39, 0.29) is 5.75 Å². The molecule has 2 aromatic carbocycles. The van der Waals surface area contributed by atoms with Crippen molar-refractivity contribution < 1.29 is 8.42 Å². The van der Waals surface area contributed by atoms with Gasteiger partial charge in [0.05, 0.1) is 10.6 Å². The molecule has 0 aromatic heterocycles. The van der Waals surface area contributed by atoms with Crippen molar-refractivity contribution in [1.82, 2.24) is 0 Å². The number of benzene rings is 2. The molecule has 20 heavy (non-hydrogen) atoms. The van der Waals surface area contributed by atoms with E-state index >= 15 is 0 Å². The zero-order chi connectivity index (χ0) is 14.9. The number of nitrogen functional groups attached to an aromatic ring is 1. The molecule has 106 valence electrons. The van der Waals surface area contributed by atoms with Crippen molar-refractivity contribution in [2.75, 3.05) is 5.73 Å². The number of hydrogen-bond acceptors (Lipinski definition) is 3. The topological polar surface area (TPSA) is 60.2 Å². The SMILES string of the molecule is Cc1ccc(C)c(CS(=O)(=O)c2ccc(N)cc2C)c1. The summed E-state index contributed by atoms with van der Waals surface area (Å²) in [5.41, 5.74) is 9.85. The molecule has 0 radical (unpaired) electrons. The average Bonchev–Trinajstić information content (AvgIpc) is 2.33. The van der Waals surface area contributed by atoms with Crippen LogP contribution in [-0.4, -0.2) is 8.42 Å². The summed E-state index contributed by atoms with van der Waals surface area (Å²) in [7, 11) is -3.36. The molecule has 0 aliphatic rings. The number of rotatable bonds is 3. The Morgan fingerprint density at radius 1 is 0.950 bits per heavy atom. The minimum absolute atomic E-state index is 0.0191. The van der Waals surface area contributed by atoms with E-state index in [0.717, 1.165) is 16.7 Å². The number of sulfone groups is 1. The van der Waals surface area contributed by atoms with Gasteiger partial charge in [-0.25, -0.2) is 8.42 Å². The monoisotopic (exact) mass is 289 g/mol. The van der Waals surface area contributed by atoms with E-state index in [9.17, 15) is 8.42 Å². The Balaban J connectivity index is 2.43. The molecule has 0 amide bonds. The molecule has 2 aromatic rings. The Kier molecular flexibility index (Phi) is 3.86. The van der Waals surface area contributed by atoms with Crippen molar-refractivity contribution in [2.24, 2.45) is 0 Å². The quantitative estimate of drug-likeness (QED) is 0.883. The van der Waals surface area contributed by atoms with Crippen molar-refractivity contribution in [3.05, 3.63) is 58.7 Å². The van der Waals surface area contributed by atoms with E-state index in [1.807, 2.05) is 32.0 Å². The summed E-state index contributed by atoms with van der Waals surface area (Å²) >= 11 is 0. The molecule has 4 heteroatoms. The molecule has 0 atom stereocenters. The first-order chi connectivity index (χ1) is 9.29. The van der Waals surface area contributed by atoms with Crippen molar-refractivity contribution in [2.45, 2.75) is 31.4 Å². The van der Waals surface area contributed by atoms with Crippen molar-refractivity contribution in [3.63, 3.8) is 0 Å². The lowest BCUT2D eigenvalue weighted by Crippen LogP contribution is -2.08. The van der Waals surface area contributed by atoms with Gasteiger partial charge in [-0.15, -0.1) is 0 Å². The molecule has 2 N–H and O–H groups in total. The molecule has 0 saturated carbocycles. The fraction of sp³-hybridized carbons (Fsp3) is 0.250. The minimum atomic E-state index is -3.36. The van der Waals surface area contributed by atoms with Crippen LogP contribution in [0.25, 0.3) is 0 Å². The third-order valence-electron chi connectivity index (χ3n) is 3.38. The lowest BCUT2D eigenvalue weighted by Gasteiger charge is -2.11. The van der Waals surface area contributed by atoms with Gasteiger partial charge in [0.2, 0.25) is 0 Å². The van der Waals surface area contributed by atoms with Gasteiger partial charge in [-0.3, -0.25) is 0 Å². The zero-order valence-corrected chi connectivity index (χ0v) is 12.8. The molecule has 0 heterocycles. The smallest absolute Gasteiger partial charge is 0.182 e. The lowest BCUT2D eigenvalue weighted by atomic mass is 10.1. The van der Waals surface area contributed by atoms with Crippen LogP contribution in [-0.2, 0) is 15.6 Å². The molecule has 0 unspecified atom stereocenters. The molecule has 2 rings (SSSR count). The van der Waals surface area contributed by atoms with Gasteiger partial charge in [0.15, 0.2) is 9.84 Å². The van der Waals surface area contributed by atoms with Gasteiger partial charge in [0, 0.05) is 5.69 Å². The average molecular weight is 289 g/mol. The molecule has 0 saturated heterocycles. The molecular formula is C16H19NO2S. The summed E-state index contributed by atoms with van der Waals surface area (Å²) < 4.78 is 25.1. The Labute approximate surface area is 120 Å². The fourth-order valence-corrected chi connectivity index (χ4v) is 3.96. The summed E-state index contributed by atoms with van der Waals surface area (Å²) in [5, 5.41) is 0. The predicted octanol–water partition coefficient (Wildman–Crippen LogP) is 3.17. The van der Waals surface area contributed by atoms with Crippen LogP contribution in [0.4, 0.5) is 5.69 Å². The van der Waals surface area contributed by atoms with E-state index < -0.39 is 9.84 Å². The molecule has 0 fully saturated rings. The fourth-order valence-electron chi connectivity index (χ4n) is 2.26. The van der Waals surface area contributed by atoms with Crippen LogP contribution in [0.1, 0.15) is 22.3 Å². The maximum absolute atomic E-state index is 12.6. The maximum atomic E-state index is 12.6. The van der Waals surface area contributed by atoms with Gasteiger partial charge >= 0.3 is 0 Å². The highest BCUT2D eigenvalue weighted by Crippen LogP contribution is 2.23. The largest absolute Gasteiger partial charge is 0.399 e. The highest BCUT2D eigenvalue weighted by molar-refractivity contribution is 7.90. The molecule has 0 spiro atoms. The van der Waals surface area contributed by atoms with Gasteiger partial charge in [-0.05, 0) is 55.7 Å². The van der Waals surface area contributed by atoms with Crippen LogP contribution in [0.15, 0.2) is 41.3 Å². The molecule has 3 nitrogen and oxygen atoms in total. The Hall–Kier alpha value is -1.81. The van der Waals surface area contributed by atoms with Gasteiger partial charge in [-0.2, -0.15) is 0 Å². The number of anilines is 1. The molecule has 0 bridgehead atoms. The second kappa shape index (κ2) is 5.29. The van der Waals surface area contributed by atoms with Crippen LogP contribution in [0.5, 0.6) is 0 Å². The number of nitrogens with two attached hydrogens (primary N) is 1. The summed E-state index contributed by atoms with van der Waals surface area (Å²) in [5.74, 6) is 0.0191. The minimum Gasteiger partial charge on any atom is -0.399 e. The third-order valence-corrected chi connectivity index (χ3v) is 5.20. The van der Waals surface area contributed by atoms with Crippen LogP contribution in [0, 0.1) is 20.8 Å². The molecule has 0 aliphatic carbocycles. The molecule has 0 aliphatic heterocycles. The van der Waals surface area contributed by atoms with E-state index in [1.54, 1.807) is 25.1 Å². The van der Waals surface area contributed by atoms with E-state index in [0.29, 0.717) is 16.1 Å². The Bertz CT molecular complexity index is 749. The summed E-state index contributed by atoms with van der Waals surface area (Å²) in [6.07, 6.45) is 0. The van der Waals surface area contributed by atoms with Gasteiger partial charge in [-0.1, -0.05) is 23.8 Å². The van der Waals surface area contributed by atoms with Crippen molar-refractivity contribution >= 4 is 15.5 Å². The highest BCUT2D eigenvalue weighted by Gasteiger charge is 2.18. The number of hydrogen-bond donors (Lipinski definition) is 1. The summed E-state index contributed by atoms with van der Waals surface area (Å²) in [6.45, 7) is 5.66. The lowest BCUT2D eigenvalue weighted by molar-refractivity contribution is 0.594. The second-order valence-corrected chi connectivity index (χ2v) is 7.17. The van der Waals surface area contributed by atoms with Crippen LogP contribution in [0.2, 0.25) is 0 Å².